The largest absolute Gasteiger partial charge is 0.353 e. The summed E-state index contributed by atoms with van der Waals surface area (Å²) >= 11 is 0. The average Bonchev–Trinajstić information content (AvgIpc) is 2.53. The Hall–Kier alpha value is -0.610. The van der Waals surface area contributed by atoms with Gasteiger partial charge < -0.3 is 14.8 Å². The minimum atomic E-state index is -0.515. The van der Waals surface area contributed by atoms with E-state index in [0.29, 0.717) is 19.1 Å². The highest BCUT2D eigenvalue weighted by molar-refractivity contribution is 5.78. The first-order valence-corrected chi connectivity index (χ1v) is 5.91. The molecule has 0 aliphatic carbocycles. The molecule has 1 aliphatic heterocycles. The smallest absolute Gasteiger partial charge is 0.223 e. The van der Waals surface area contributed by atoms with Crippen molar-refractivity contribution in [2.45, 2.75) is 46.5 Å². The minimum absolute atomic E-state index is 0.0293. The molecule has 4 nitrogen and oxygen atoms in total. The summed E-state index contributed by atoms with van der Waals surface area (Å²) in [5, 5.41) is 2.90. The first kappa shape index (κ1) is 13.5. The Kier molecular flexibility index (Phi) is 4.33. The highest BCUT2D eigenvalue weighted by atomic mass is 16.7. The van der Waals surface area contributed by atoms with E-state index in [1.807, 2.05) is 34.6 Å². The summed E-state index contributed by atoms with van der Waals surface area (Å²) in [6.45, 7) is 10.9. The van der Waals surface area contributed by atoms with E-state index in [4.69, 9.17) is 9.47 Å². The average molecular weight is 229 g/mol. The van der Waals surface area contributed by atoms with E-state index in [-0.39, 0.29) is 17.9 Å². The van der Waals surface area contributed by atoms with Gasteiger partial charge in [0.25, 0.3) is 0 Å². The Balaban J connectivity index is 2.28. The van der Waals surface area contributed by atoms with Crippen LogP contribution in [0.2, 0.25) is 0 Å². The summed E-state index contributed by atoms with van der Waals surface area (Å²) in [5.41, 5.74) is 0. The van der Waals surface area contributed by atoms with Crippen LogP contribution in [0.25, 0.3) is 0 Å². The highest BCUT2D eigenvalue weighted by Crippen LogP contribution is 2.21. The summed E-state index contributed by atoms with van der Waals surface area (Å²) in [4.78, 5) is 11.7. The predicted octanol–water partition coefficient (Wildman–Crippen LogP) is 1.55. The zero-order chi connectivity index (χ0) is 12.3. The molecule has 16 heavy (non-hydrogen) atoms. The van der Waals surface area contributed by atoms with Crippen molar-refractivity contribution in [1.82, 2.24) is 5.32 Å². The fraction of sp³-hybridized carbons (Fsp3) is 0.917. The molecular weight excluding hydrogens is 206 g/mol. The Bertz CT molecular complexity index is 251. The molecule has 0 saturated carbocycles. The van der Waals surface area contributed by atoms with Gasteiger partial charge >= 0.3 is 0 Å². The fourth-order valence-electron chi connectivity index (χ4n) is 1.54. The Morgan fingerprint density at radius 3 is 2.50 bits per heavy atom. The van der Waals surface area contributed by atoms with E-state index in [0.717, 1.165) is 0 Å². The van der Waals surface area contributed by atoms with E-state index in [1.165, 1.54) is 0 Å². The van der Waals surface area contributed by atoms with Gasteiger partial charge in [0, 0.05) is 12.5 Å². The standard InChI is InChI=1S/C12H23NO3/c1-8(2)9(3)11(14)13-6-10-7-15-12(4,5)16-10/h8-10H,6-7H2,1-5H3,(H,13,14). The van der Waals surface area contributed by atoms with Crippen LogP contribution in [0.5, 0.6) is 0 Å². The van der Waals surface area contributed by atoms with Crippen molar-refractivity contribution in [2.24, 2.45) is 11.8 Å². The third kappa shape index (κ3) is 3.76. The molecule has 1 amide bonds. The van der Waals surface area contributed by atoms with Gasteiger partial charge in [-0.25, -0.2) is 0 Å². The van der Waals surface area contributed by atoms with E-state index in [9.17, 15) is 4.79 Å². The van der Waals surface area contributed by atoms with Crippen LogP contribution in [0.1, 0.15) is 34.6 Å². The molecule has 2 unspecified atom stereocenters. The van der Waals surface area contributed by atoms with Crippen molar-refractivity contribution in [3.63, 3.8) is 0 Å². The van der Waals surface area contributed by atoms with Gasteiger partial charge in [0.05, 0.1) is 6.61 Å². The summed E-state index contributed by atoms with van der Waals surface area (Å²) in [6.07, 6.45) is -0.0293. The lowest BCUT2D eigenvalue weighted by Gasteiger charge is -2.19. The van der Waals surface area contributed by atoms with Gasteiger partial charge in [-0.05, 0) is 19.8 Å². The number of rotatable bonds is 4. The second kappa shape index (κ2) is 5.15. The molecule has 1 saturated heterocycles. The highest BCUT2D eigenvalue weighted by Gasteiger charge is 2.32. The predicted molar refractivity (Wildman–Crippen MR) is 61.9 cm³/mol. The molecule has 1 heterocycles. The molecule has 2 atom stereocenters. The van der Waals surface area contributed by atoms with Crippen molar-refractivity contribution in [2.75, 3.05) is 13.2 Å². The molecule has 1 aliphatic rings. The Morgan fingerprint density at radius 2 is 2.06 bits per heavy atom. The van der Waals surface area contributed by atoms with Crippen LogP contribution in [-0.2, 0) is 14.3 Å². The monoisotopic (exact) mass is 229 g/mol. The van der Waals surface area contributed by atoms with Gasteiger partial charge in [0.15, 0.2) is 5.79 Å². The summed E-state index contributed by atoms with van der Waals surface area (Å²) in [5.74, 6) is -0.0326. The van der Waals surface area contributed by atoms with Crippen molar-refractivity contribution in [3.05, 3.63) is 0 Å². The molecule has 0 spiro atoms. The van der Waals surface area contributed by atoms with Crippen LogP contribution in [0, 0.1) is 11.8 Å². The van der Waals surface area contributed by atoms with Gasteiger partial charge in [-0.2, -0.15) is 0 Å². The molecular formula is C12H23NO3. The quantitative estimate of drug-likeness (QED) is 0.795. The molecule has 0 aromatic heterocycles. The van der Waals surface area contributed by atoms with Gasteiger partial charge in [-0.1, -0.05) is 20.8 Å². The number of hydrogen-bond donors (Lipinski definition) is 1. The maximum atomic E-state index is 11.7. The lowest BCUT2D eigenvalue weighted by atomic mass is 9.97. The molecule has 4 heteroatoms. The van der Waals surface area contributed by atoms with Crippen LogP contribution >= 0.6 is 0 Å². The number of carbonyl (C=O) groups excluding carboxylic acids is 1. The van der Waals surface area contributed by atoms with Gasteiger partial charge in [0.2, 0.25) is 5.91 Å². The van der Waals surface area contributed by atoms with Crippen molar-refractivity contribution >= 4 is 5.91 Å². The van der Waals surface area contributed by atoms with Crippen LogP contribution in [0.15, 0.2) is 0 Å². The fourth-order valence-corrected chi connectivity index (χ4v) is 1.54. The van der Waals surface area contributed by atoms with E-state index in [2.05, 4.69) is 5.32 Å². The Labute approximate surface area is 97.7 Å². The first-order chi connectivity index (χ1) is 7.32. The molecule has 94 valence electrons. The normalized spacial score (nSPS) is 25.8. The summed E-state index contributed by atoms with van der Waals surface area (Å²) in [6, 6.07) is 0. The molecule has 0 aromatic rings. The molecule has 1 N–H and O–H groups in total. The zero-order valence-corrected chi connectivity index (χ0v) is 10.9. The lowest BCUT2D eigenvalue weighted by molar-refractivity contribution is -0.140. The second-order valence-electron chi connectivity index (χ2n) is 5.23. The lowest BCUT2D eigenvalue weighted by Crippen LogP contribution is -2.38. The minimum Gasteiger partial charge on any atom is -0.353 e. The molecule has 0 aromatic carbocycles. The van der Waals surface area contributed by atoms with Gasteiger partial charge in [-0.15, -0.1) is 0 Å². The maximum Gasteiger partial charge on any atom is 0.223 e. The SMILES string of the molecule is CC(C)C(C)C(=O)NCC1COC(C)(C)O1. The number of hydrogen-bond acceptors (Lipinski definition) is 3. The molecule has 1 fully saturated rings. The van der Waals surface area contributed by atoms with Crippen LogP contribution in [-0.4, -0.2) is 30.9 Å². The van der Waals surface area contributed by atoms with Crippen molar-refractivity contribution in [1.29, 1.82) is 0 Å². The van der Waals surface area contributed by atoms with Crippen molar-refractivity contribution < 1.29 is 14.3 Å². The third-order valence-electron chi connectivity index (χ3n) is 2.98. The summed E-state index contributed by atoms with van der Waals surface area (Å²) in [7, 11) is 0. The summed E-state index contributed by atoms with van der Waals surface area (Å²) < 4.78 is 11.0. The number of ether oxygens (including phenoxy) is 2. The van der Waals surface area contributed by atoms with E-state index >= 15 is 0 Å². The van der Waals surface area contributed by atoms with Crippen LogP contribution < -0.4 is 5.32 Å². The van der Waals surface area contributed by atoms with Crippen molar-refractivity contribution in [3.8, 4) is 0 Å². The molecule has 1 rings (SSSR count). The number of carbonyl (C=O) groups is 1. The molecule has 0 radical (unpaired) electrons. The zero-order valence-electron chi connectivity index (χ0n) is 10.9. The first-order valence-electron chi connectivity index (χ1n) is 5.91. The van der Waals surface area contributed by atoms with E-state index in [1.54, 1.807) is 0 Å². The topological polar surface area (TPSA) is 47.6 Å². The number of nitrogens with one attached hydrogen (secondary N) is 1. The van der Waals surface area contributed by atoms with Crippen LogP contribution in [0.4, 0.5) is 0 Å². The third-order valence-corrected chi connectivity index (χ3v) is 2.98. The Morgan fingerprint density at radius 1 is 1.44 bits per heavy atom. The van der Waals surface area contributed by atoms with Gasteiger partial charge in [-0.3, -0.25) is 4.79 Å². The number of amides is 1. The second-order valence-corrected chi connectivity index (χ2v) is 5.23. The van der Waals surface area contributed by atoms with E-state index < -0.39 is 5.79 Å². The van der Waals surface area contributed by atoms with Crippen LogP contribution in [0.3, 0.4) is 0 Å². The van der Waals surface area contributed by atoms with Gasteiger partial charge in [0.1, 0.15) is 6.10 Å². The maximum absolute atomic E-state index is 11.7. The molecule has 0 bridgehead atoms.